The normalized spacial score (nSPS) is 12.7. The number of hydrogen-bond donors (Lipinski definition) is 3. The van der Waals surface area contributed by atoms with Crippen LogP contribution in [0.3, 0.4) is 0 Å². The number of nitrogens with zero attached hydrogens (tertiary/aromatic N) is 1. The van der Waals surface area contributed by atoms with Crippen LogP contribution in [-0.4, -0.2) is 23.7 Å². The highest BCUT2D eigenvalue weighted by atomic mass is 127. The lowest BCUT2D eigenvalue weighted by Gasteiger charge is -2.11. The van der Waals surface area contributed by atoms with Gasteiger partial charge in [-0.1, -0.05) is 18.2 Å². The minimum Gasteiger partial charge on any atom is -0.491 e. The Hall–Kier alpha value is -1.84. The zero-order valence-corrected chi connectivity index (χ0v) is 18.4. The number of nitrogens with one attached hydrogen (secondary N) is 1. The number of hydrogen-bond acceptors (Lipinski definition) is 4. The molecule has 3 rings (SSSR count). The lowest BCUT2D eigenvalue weighted by Crippen LogP contribution is -2.23. The standard InChI is InChI=1S/C20H23N3O2S.HI/c1-13(2)25-16-9-7-15(8-10-16)23-20(21)22-12-17(24)19-11-14-5-3-4-6-18(14)26-19;/h3-11,13,17,24H,12H2,1-2H3,(H3,21,22,23);1H. The number of benzene rings is 2. The number of guanidine groups is 1. The highest BCUT2D eigenvalue weighted by Gasteiger charge is 2.11. The number of aliphatic imine (C=N–C) groups is 1. The summed E-state index contributed by atoms with van der Waals surface area (Å²) in [6, 6.07) is 17.6. The van der Waals surface area contributed by atoms with E-state index in [9.17, 15) is 5.11 Å². The molecule has 144 valence electrons. The van der Waals surface area contributed by atoms with Gasteiger partial charge in [0.05, 0.1) is 12.6 Å². The van der Waals surface area contributed by atoms with Crippen molar-refractivity contribution in [3.8, 4) is 5.75 Å². The van der Waals surface area contributed by atoms with E-state index < -0.39 is 6.10 Å². The zero-order chi connectivity index (χ0) is 18.5. The second-order valence-corrected chi connectivity index (χ2v) is 7.36. The fourth-order valence-electron chi connectivity index (χ4n) is 2.52. The molecule has 0 spiro atoms. The first-order valence-electron chi connectivity index (χ1n) is 8.51. The molecule has 0 saturated carbocycles. The molecule has 1 aromatic heterocycles. The third-order valence-electron chi connectivity index (χ3n) is 3.71. The van der Waals surface area contributed by atoms with Gasteiger partial charge in [-0.15, -0.1) is 35.3 Å². The van der Waals surface area contributed by atoms with Gasteiger partial charge < -0.3 is 20.9 Å². The van der Waals surface area contributed by atoms with Crippen molar-refractivity contribution in [2.75, 3.05) is 11.9 Å². The van der Waals surface area contributed by atoms with Crippen molar-refractivity contribution in [3.05, 3.63) is 59.5 Å². The Kier molecular flexibility index (Phi) is 7.88. The molecule has 27 heavy (non-hydrogen) atoms. The van der Waals surface area contributed by atoms with Crippen molar-refractivity contribution in [3.63, 3.8) is 0 Å². The first-order valence-corrected chi connectivity index (χ1v) is 9.33. The van der Waals surface area contributed by atoms with Gasteiger partial charge in [0, 0.05) is 15.3 Å². The Morgan fingerprint density at radius 1 is 1.19 bits per heavy atom. The molecule has 7 heteroatoms. The second-order valence-electron chi connectivity index (χ2n) is 6.24. The molecule has 0 aliphatic carbocycles. The van der Waals surface area contributed by atoms with Gasteiger partial charge in [0.1, 0.15) is 11.9 Å². The van der Waals surface area contributed by atoms with Crippen LogP contribution in [0, 0.1) is 0 Å². The van der Waals surface area contributed by atoms with E-state index in [1.807, 2.05) is 68.4 Å². The Balaban J connectivity index is 0.00000261. The van der Waals surface area contributed by atoms with Crippen LogP contribution >= 0.6 is 35.3 Å². The first kappa shape index (κ1) is 21.5. The molecular formula is C20H24IN3O2S. The summed E-state index contributed by atoms with van der Waals surface area (Å²) < 4.78 is 6.76. The summed E-state index contributed by atoms with van der Waals surface area (Å²) in [5.41, 5.74) is 6.74. The molecule has 1 atom stereocenters. The van der Waals surface area contributed by atoms with Crippen LogP contribution < -0.4 is 15.8 Å². The number of thiophene rings is 1. The number of anilines is 1. The number of ether oxygens (including phenoxy) is 1. The van der Waals surface area contributed by atoms with Gasteiger partial charge in [-0.2, -0.15) is 0 Å². The van der Waals surface area contributed by atoms with Crippen LogP contribution in [0.25, 0.3) is 10.1 Å². The Morgan fingerprint density at radius 3 is 2.56 bits per heavy atom. The van der Waals surface area contributed by atoms with E-state index in [-0.39, 0.29) is 42.6 Å². The Bertz CT molecular complexity index is 861. The van der Waals surface area contributed by atoms with Crippen LogP contribution in [0.15, 0.2) is 59.6 Å². The Labute approximate surface area is 180 Å². The lowest BCUT2D eigenvalue weighted by atomic mass is 10.2. The van der Waals surface area contributed by atoms with Crippen LogP contribution in [-0.2, 0) is 0 Å². The lowest BCUT2D eigenvalue weighted by molar-refractivity contribution is 0.191. The average molecular weight is 497 g/mol. The fourth-order valence-corrected chi connectivity index (χ4v) is 3.56. The maximum atomic E-state index is 10.4. The van der Waals surface area contributed by atoms with Crippen LogP contribution in [0.4, 0.5) is 5.69 Å². The van der Waals surface area contributed by atoms with Gasteiger partial charge in [0.2, 0.25) is 0 Å². The van der Waals surface area contributed by atoms with E-state index in [0.29, 0.717) is 0 Å². The van der Waals surface area contributed by atoms with E-state index in [1.165, 1.54) is 0 Å². The maximum absolute atomic E-state index is 10.4. The number of fused-ring (bicyclic) bond motifs is 1. The minimum absolute atomic E-state index is 0. The highest BCUT2D eigenvalue weighted by Crippen LogP contribution is 2.29. The molecule has 0 aliphatic heterocycles. The molecule has 2 aromatic carbocycles. The summed E-state index contributed by atoms with van der Waals surface area (Å²) in [6.45, 7) is 4.18. The minimum atomic E-state index is -0.672. The van der Waals surface area contributed by atoms with Gasteiger partial charge in [-0.3, -0.25) is 4.99 Å². The summed E-state index contributed by atoms with van der Waals surface area (Å²) in [5, 5.41) is 14.5. The molecule has 3 aromatic rings. The molecule has 0 bridgehead atoms. The molecule has 0 saturated heterocycles. The van der Waals surface area contributed by atoms with Crippen molar-refractivity contribution in [2.45, 2.75) is 26.1 Å². The van der Waals surface area contributed by atoms with E-state index in [1.54, 1.807) is 11.3 Å². The third kappa shape index (κ3) is 6.08. The fraction of sp³-hybridized carbons (Fsp3) is 0.250. The monoisotopic (exact) mass is 497 g/mol. The van der Waals surface area contributed by atoms with Crippen LogP contribution in [0.5, 0.6) is 5.75 Å². The second kappa shape index (κ2) is 9.91. The van der Waals surface area contributed by atoms with Gasteiger partial charge in [-0.05, 0) is 55.6 Å². The smallest absolute Gasteiger partial charge is 0.193 e. The van der Waals surface area contributed by atoms with Crippen molar-refractivity contribution >= 4 is 57.0 Å². The molecule has 4 N–H and O–H groups in total. The maximum Gasteiger partial charge on any atom is 0.193 e. The average Bonchev–Trinajstić information content (AvgIpc) is 3.05. The summed E-state index contributed by atoms with van der Waals surface area (Å²) in [7, 11) is 0. The molecule has 1 heterocycles. The van der Waals surface area contributed by atoms with E-state index in [0.717, 1.165) is 26.4 Å². The molecule has 0 aliphatic rings. The van der Waals surface area contributed by atoms with Crippen LogP contribution in [0.1, 0.15) is 24.8 Å². The molecule has 0 radical (unpaired) electrons. The highest BCUT2D eigenvalue weighted by molar-refractivity contribution is 14.0. The SMILES string of the molecule is CC(C)Oc1ccc(NC(N)=NCC(O)c2cc3ccccc3s2)cc1.I. The molecule has 1 unspecified atom stereocenters. The summed E-state index contributed by atoms with van der Waals surface area (Å²) in [5.74, 6) is 1.07. The first-order chi connectivity index (χ1) is 12.5. The van der Waals surface area contributed by atoms with Crippen LogP contribution in [0.2, 0.25) is 0 Å². The quantitative estimate of drug-likeness (QED) is 0.261. The molecule has 0 amide bonds. The molecular weight excluding hydrogens is 473 g/mol. The van der Waals surface area contributed by atoms with Gasteiger partial charge >= 0.3 is 0 Å². The van der Waals surface area contributed by atoms with E-state index >= 15 is 0 Å². The van der Waals surface area contributed by atoms with E-state index in [2.05, 4.69) is 10.3 Å². The van der Waals surface area contributed by atoms with E-state index in [4.69, 9.17) is 10.5 Å². The predicted octanol–water partition coefficient (Wildman–Crippen LogP) is 4.77. The number of aliphatic hydroxyl groups is 1. The number of aliphatic hydroxyl groups excluding tert-OH is 1. The van der Waals surface area contributed by atoms with Crippen molar-refractivity contribution in [1.82, 2.24) is 0 Å². The van der Waals surface area contributed by atoms with Gasteiger partial charge in [0.15, 0.2) is 5.96 Å². The molecule has 5 nitrogen and oxygen atoms in total. The predicted molar refractivity (Wildman–Crippen MR) is 125 cm³/mol. The zero-order valence-electron chi connectivity index (χ0n) is 15.3. The summed E-state index contributed by atoms with van der Waals surface area (Å²) in [4.78, 5) is 5.13. The molecule has 0 fully saturated rings. The summed E-state index contributed by atoms with van der Waals surface area (Å²) in [6.07, 6.45) is -0.537. The van der Waals surface area contributed by atoms with Crippen molar-refractivity contribution < 1.29 is 9.84 Å². The van der Waals surface area contributed by atoms with Gasteiger partial charge in [0.25, 0.3) is 0 Å². The third-order valence-corrected chi connectivity index (χ3v) is 4.92. The number of rotatable bonds is 6. The largest absolute Gasteiger partial charge is 0.491 e. The van der Waals surface area contributed by atoms with Crippen molar-refractivity contribution in [1.29, 1.82) is 0 Å². The number of halogens is 1. The topological polar surface area (TPSA) is 79.9 Å². The Morgan fingerprint density at radius 2 is 1.89 bits per heavy atom. The summed E-state index contributed by atoms with van der Waals surface area (Å²) >= 11 is 1.57. The number of nitrogens with two attached hydrogens (primary N) is 1. The van der Waals surface area contributed by atoms with Crippen molar-refractivity contribution in [2.24, 2.45) is 10.7 Å². The van der Waals surface area contributed by atoms with Gasteiger partial charge in [-0.25, -0.2) is 0 Å².